The molecule has 1 N–H and O–H groups in total. The smallest absolute Gasteiger partial charge is 0.241 e. The predicted octanol–water partition coefficient (Wildman–Crippen LogP) is 1.05. The van der Waals surface area contributed by atoms with E-state index in [-0.39, 0.29) is 5.91 Å². The summed E-state index contributed by atoms with van der Waals surface area (Å²) in [5, 5.41) is 9.41. The lowest BCUT2D eigenvalue weighted by Gasteiger charge is -2.23. The molecule has 1 amide bonds. The first-order chi connectivity index (χ1) is 8.45. The van der Waals surface area contributed by atoms with Gasteiger partial charge in [-0.3, -0.25) is 4.79 Å². The van der Waals surface area contributed by atoms with E-state index in [9.17, 15) is 9.90 Å². The highest BCUT2D eigenvalue weighted by atomic mass is 16.3. The molecule has 0 saturated heterocycles. The lowest BCUT2D eigenvalue weighted by Crippen LogP contribution is -2.37. The topological polar surface area (TPSA) is 56.7 Å². The van der Waals surface area contributed by atoms with E-state index in [1.807, 2.05) is 24.0 Å². The van der Waals surface area contributed by atoms with Crippen molar-refractivity contribution in [1.29, 1.82) is 0 Å². The number of nitrogens with zero attached hydrogens (tertiary/aromatic N) is 3. The third-order valence-corrected chi connectivity index (χ3v) is 2.78. The number of hydrogen-bond donors (Lipinski definition) is 1. The molecule has 1 aromatic rings. The summed E-state index contributed by atoms with van der Waals surface area (Å²) in [6.45, 7) is 4.70. The quantitative estimate of drug-likeness (QED) is 0.850. The number of hydrogen-bond acceptors (Lipinski definition) is 4. The highest BCUT2D eigenvalue weighted by Crippen LogP contribution is 2.15. The molecule has 0 aliphatic carbocycles. The van der Waals surface area contributed by atoms with Gasteiger partial charge in [0.05, 0.1) is 12.6 Å². The number of carbonyl (C=O) groups is 1. The zero-order chi connectivity index (χ0) is 13.7. The minimum atomic E-state index is -0.523. The molecule has 0 aliphatic heterocycles. The highest BCUT2D eigenvalue weighted by molar-refractivity contribution is 5.80. The van der Waals surface area contributed by atoms with E-state index in [4.69, 9.17) is 0 Å². The van der Waals surface area contributed by atoms with Crippen molar-refractivity contribution >= 4 is 11.7 Å². The van der Waals surface area contributed by atoms with Crippen molar-refractivity contribution in [3.8, 4) is 0 Å². The molecular formula is C13H21N3O2. The Labute approximate surface area is 108 Å². The summed E-state index contributed by atoms with van der Waals surface area (Å²) in [4.78, 5) is 19.4. The molecule has 0 radical (unpaired) electrons. The maximum atomic E-state index is 11.7. The number of rotatable bonds is 5. The van der Waals surface area contributed by atoms with Crippen LogP contribution < -0.4 is 4.90 Å². The Bertz CT molecular complexity index is 388. The summed E-state index contributed by atoms with van der Waals surface area (Å²) >= 11 is 0. The van der Waals surface area contributed by atoms with Crippen LogP contribution in [0.1, 0.15) is 25.5 Å². The number of pyridine rings is 1. The van der Waals surface area contributed by atoms with Crippen molar-refractivity contribution in [1.82, 2.24) is 9.88 Å². The Kier molecular flexibility index (Phi) is 5.09. The Morgan fingerprint density at radius 3 is 2.50 bits per heavy atom. The second-order valence-electron chi connectivity index (χ2n) is 4.43. The van der Waals surface area contributed by atoms with Gasteiger partial charge in [0.25, 0.3) is 0 Å². The van der Waals surface area contributed by atoms with Crippen LogP contribution in [0.4, 0.5) is 5.82 Å². The SMILES string of the molecule is CCN(CC(=O)N(C)C)c1ccc(C(C)O)cn1. The normalized spacial score (nSPS) is 12.1. The van der Waals surface area contributed by atoms with Gasteiger partial charge in [-0.1, -0.05) is 6.07 Å². The van der Waals surface area contributed by atoms with E-state index in [0.717, 1.165) is 11.4 Å². The third-order valence-electron chi connectivity index (χ3n) is 2.78. The third kappa shape index (κ3) is 3.70. The number of likely N-dealkylation sites (N-methyl/N-ethyl adjacent to an activating group) is 2. The first-order valence-corrected chi connectivity index (χ1v) is 6.04. The van der Waals surface area contributed by atoms with Crippen molar-refractivity contribution in [3.63, 3.8) is 0 Å². The van der Waals surface area contributed by atoms with Crippen LogP contribution >= 0.6 is 0 Å². The number of aliphatic hydroxyl groups is 1. The Hall–Kier alpha value is -1.62. The van der Waals surface area contributed by atoms with Crippen LogP contribution in [-0.2, 0) is 4.79 Å². The molecule has 18 heavy (non-hydrogen) atoms. The first kappa shape index (κ1) is 14.4. The van der Waals surface area contributed by atoms with Gasteiger partial charge < -0.3 is 14.9 Å². The summed E-state index contributed by atoms with van der Waals surface area (Å²) in [6.07, 6.45) is 1.12. The van der Waals surface area contributed by atoms with Crippen molar-refractivity contribution < 1.29 is 9.90 Å². The molecule has 100 valence electrons. The molecule has 1 unspecified atom stereocenters. The fraction of sp³-hybridized carbons (Fsp3) is 0.538. The number of carbonyl (C=O) groups excluding carboxylic acids is 1. The van der Waals surface area contributed by atoms with Gasteiger partial charge in [0.1, 0.15) is 5.82 Å². The van der Waals surface area contributed by atoms with E-state index >= 15 is 0 Å². The van der Waals surface area contributed by atoms with Crippen LogP contribution in [0.2, 0.25) is 0 Å². The van der Waals surface area contributed by atoms with Crippen molar-refractivity contribution in [3.05, 3.63) is 23.9 Å². The molecule has 0 saturated carbocycles. The molecule has 0 aliphatic rings. The average molecular weight is 251 g/mol. The molecule has 5 nitrogen and oxygen atoms in total. The minimum absolute atomic E-state index is 0.0400. The van der Waals surface area contributed by atoms with Gasteiger partial charge in [0.15, 0.2) is 0 Å². The average Bonchev–Trinajstić information content (AvgIpc) is 2.35. The minimum Gasteiger partial charge on any atom is -0.389 e. The highest BCUT2D eigenvalue weighted by Gasteiger charge is 2.12. The monoisotopic (exact) mass is 251 g/mol. The van der Waals surface area contributed by atoms with Crippen LogP contribution in [0.25, 0.3) is 0 Å². The van der Waals surface area contributed by atoms with Gasteiger partial charge in [-0.05, 0) is 25.5 Å². The van der Waals surface area contributed by atoms with Crippen molar-refractivity contribution in [2.24, 2.45) is 0 Å². The molecule has 1 heterocycles. The maximum Gasteiger partial charge on any atom is 0.241 e. The van der Waals surface area contributed by atoms with Gasteiger partial charge in [0.2, 0.25) is 5.91 Å². The summed E-state index contributed by atoms with van der Waals surface area (Å²) in [5.41, 5.74) is 0.772. The molecule has 0 aromatic carbocycles. The van der Waals surface area contributed by atoms with E-state index in [2.05, 4.69) is 4.98 Å². The van der Waals surface area contributed by atoms with Crippen molar-refractivity contribution in [2.75, 3.05) is 32.1 Å². The van der Waals surface area contributed by atoms with Crippen LogP contribution in [0.3, 0.4) is 0 Å². The summed E-state index contributed by atoms with van der Waals surface area (Å²) in [7, 11) is 3.47. The van der Waals surface area contributed by atoms with E-state index in [1.165, 1.54) is 0 Å². The zero-order valence-corrected chi connectivity index (χ0v) is 11.4. The largest absolute Gasteiger partial charge is 0.389 e. The van der Waals surface area contributed by atoms with E-state index in [0.29, 0.717) is 13.1 Å². The Morgan fingerprint density at radius 2 is 2.11 bits per heavy atom. The van der Waals surface area contributed by atoms with Crippen molar-refractivity contribution in [2.45, 2.75) is 20.0 Å². The molecule has 1 aromatic heterocycles. The van der Waals surface area contributed by atoms with E-state index < -0.39 is 6.10 Å². The summed E-state index contributed by atoms with van der Waals surface area (Å²) < 4.78 is 0. The van der Waals surface area contributed by atoms with Crippen LogP contribution in [0.5, 0.6) is 0 Å². The Balaban J connectivity index is 2.79. The molecular weight excluding hydrogens is 230 g/mol. The van der Waals surface area contributed by atoms with Gasteiger partial charge in [-0.15, -0.1) is 0 Å². The molecule has 0 spiro atoms. The number of aliphatic hydroxyl groups excluding tert-OH is 1. The number of amides is 1. The second-order valence-corrected chi connectivity index (χ2v) is 4.43. The lowest BCUT2D eigenvalue weighted by molar-refractivity contribution is -0.127. The first-order valence-electron chi connectivity index (χ1n) is 6.04. The standard InChI is InChI=1S/C13H21N3O2/c1-5-16(9-13(18)15(3)4)12-7-6-11(8-14-12)10(2)17/h6-8,10,17H,5,9H2,1-4H3. The molecule has 0 bridgehead atoms. The second kappa shape index (κ2) is 6.35. The molecule has 5 heteroatoms. The van der Waals surface area contributed by atoms with Gasteiger partial charge in [-0.25, -0.2) is 4.98 Å². The fourth-order valence-corrected chi connectivity index (χ4v) is 1.49. The maximum absolute atomic E-state index is 11.7. The number of aromatic nitrogens is 1. The van der Waals surface area contributed by atoms with E-state index in [1.54, 1.807) is 32.1 Å². The van der Waals surface area contributed by atoms with Gasteiger partial charge >= 0.3 is 0 Å². The fourth-order valence-electron chi connectivity index (χ4n) is 1.49. The Morgan fingerprint density at radius 1 is 1.44 bits per heavy atom. The molecule has 0 fully saturated rings. The molecule has 1 rings (SSSR count). The summed E-state index contributed by atoms with van der Waals surface area (Å²) in [5.74, 6) is 0.787. The zero-order valence-electron chi connectivity index (χ0n) is 11.4. The van der Waals surface area contributed by atoms with Crippen LogP contribution in [0, 0.1) is 0 Å². The molecule has 1 atom stereocenters. The van der Waals surface area contributed by atoms with Gasteiger partial charge in [0, 0.05) is 26.8 Å². The van der Waals surface area contributed by atoms with Crippen LogP contribution in [-0.4, -0.2) is 48.1 Å². The summed E-state index contributed by atoms with van der Waals surface area (Å²) in [6, 6.07) is 3.66. The predicted molar refractivity (Wildman–Crippen MR) is 71.5 cm³/mol. The van der Waals surface area contributed by atoms with Gasteiger partial charge in [-0.2, -0.15) is 0 Å². The number of anilines is 1. The lowest BCUT2D eigenvalue weighted by atomic mass is 10.2. The van der Waals surface area contributed by atoms with Crippen LogP contribution in [0.15, 0.2) is 18.3 Å².